The topological polar surface area (TPSA) is 120 Å². The lowest BCUT2D eigenvalue weighted by molar-refractivity contribution is 0.0126. The number of fused-ring (bicyclic) bond motifs is 1. The van der Waals surface area contributed by atoms with Gasteiger partial charge in [0.15, 0.2) is 0 Å². The van der Waals surface area contributed by atoms with Gasteiger partial charge in [-0.25, -0.2) is 9.78 Å². The molecule has 2 aromatic carbocycles. The maximum Gasteiger partial charge on any atom is 0.410 e. The number of anilines is 2. The molecule has 0 radical (unpaired) electrons. The van der Waals surface area contributed by atoms with Gasteiger partial charge in [-0.15, -0.1) is 0 Å². The number of nitrogens with one attached hydrogen (secondary N) is 1. The zero-order chi connectivity index (χ0) is 28.3. The zero-order valence-corrected chi connectivity index (χ0v) is 22.9. The Morgan fingerprint density at radius 1 is 0.925 bits per heavy atom. The van der Waals surface area contributed by atoms with E-state index in [1.165, 1.54) is 0 Å². The van der Waals surface area contributed by atoms with Crippen LogP contribution in [-0.2, 0) is 4.74 Å². The molecule has 0 aliphatic carbocycles. The maximum atomic E-state index is 12.9. The molecule has 3 heterocycles. The number of ether oxygens (including phenoxy) is 2. The SMILES string of the molecule is CC(C)(C)OC(=O)N1CCC(Oc2ccc(C(=O)Nc3cc4cc(-c5cncc(N)c5)ccc4cn3)cc2)CC1. The van der Waals surface area contributed by atoms with Crippen LogP contribution in [0.3, 0.4) is 0 Å². The average Bonchev–Trinajstić information content (AvgIpc) is 2.92. The van der Waals surface area contributed by atoms with Crippen molar-refractivity contribution in [3.8, 4) is 16.9 Å². The zero-order valence-electron chi connectivity index (χ0n) is 22.9. The highest BCUT2D eigenvalue weighted by molar-refractivity contribution is 6.04. The minimum Gasteiger partial charge on any atom is -0.490 e. The van der Waals surface area contributed by atoms with Gasteiger partial charge in [0.2, 0.25) is 0 Å². The van der Waals surface area contributed by atoms with Crippen molar-refractivity contribution in [2.45, 2.75) is 45.3 Å². The third-order valence-corrected chi connectivity index (χ3v) is 6.57. The number of carbonyl (C=O) groups excluding carboxylic acids is 2. The minimum absolute atomic E-state index is 0.00633. The molecule has 0 spiro atoms. The Balaban J connectivity index is 1.18. The summed E-state index contributed by atoms with van der Waals surface area (Å²) in [4.78, 5) is 35.5. The lowest BCUT2D eigenvalue weighted by atomic mass is 10.0. The van der Waals surface area contributed by atoms with Crippen molar-refractivity contribution in [3.05, 3.63) is 78.8 Å². The van der Waals surface area contributed by atoms with Crippen molar-refractivity contribution >= 4 is 34.3 Å². The first-order valence-corrected chi connectivity index (χ1v) is 13.3. The van der Waals surface area contributed by atoms with Gasteiger partial charge in [0.1, 0.15) is 23.3 Å². The Morgan fingerprint density at radius 3 is 2.38 bits per heavy atom. The van der Waals surface area contributed by atoms with Crippen LogP contribution in [0.2, 0.25) is 0 Å². The molecule has 206 valence electrons. The standard InChI is InChI=1S/C31H33N5O4/c1-31(2,3)40-30(38)36-12-10-27(11-13-36)39-26-8-6-20(7-9-26)29(37)35-28-16-23-14-21(4-5-22(23)18-34-28)24-15-25(32)19-33-17-24/h4-9,14-19,27H,10-13,32H2,1-3H3,(H,34,35,37). The van der Waals surface area contributed by atoms with Crippen LogP contribution in [0.15, 0.2) is 73.2 Å². The van der Waals surface area contributed by atoms with Crippen LogP contribution in [0, 0.1) is 0 Å². The van der Waals surface area contributed by atoms with Gasteiger partial charge in [0.05, 0.1) is 5.69 Å². The van der Waals surface area contributed by atoms with Crippen LogP contribution < -0.4 is 15.8 Å². The van der Waals surface area contributed by atoms with Gasteiger partial charge in [-0.2, -0.15) is 0 Å². The highest BCUT2D eigenvalue weighted by Gasteiger charge is 2.27. The summed E-state index contributed by atoms with van der Waals surface area (Å²) in [6, 6.07) is 16.7. The number of likely N-dealkylation sites (tertiary alicyclic amines) is 1. The maximum absolute atomic E-state index is 12.9. The largest absolute Gasteiger partial charge is 0.490 e. The highest BCUT2D eigenvalue weighted by atomic mass is 16.6. The summed E-state index contributed by atoms with van der Waals surface area (Å²) in [6.45, 7) is 6.74. The summed E-state index contributed by atoms with van der Waals surface area (Å²) in [5, 5.41) is 4.77. The summed E-state index contributed by atoms with van der Waals surface area (Å²) >= 11 is 0. The van der Waals surface area contributed by atoms with E-state index in [0.29, 0.717) is 48.7 Å². The van der Waals surface area contributed by atoms with Crippen LogP contribution in [0.25, 0.3) is 21.9 Å². The Labute approximate surface area is 233 Å². The third kappa shape index (κ3) is 6.66. The van der Waals surface area contributed by atoms with E-state index in [-0.39, 0.29) is 18.1 Å². The van der Waals surface area contributed by atoms with E-state index in [1.54, 1.807) is 47.8 Å². The number of nitrogens with zero attached hydrogens (tertiary/aromatic N) is 3. The molecule has 9 nitrogen and oxygen atoms in total. The smallest absolute Gasteiger partial charge is 0.410 e. The first-order chi connectivity index (χ1) is 19.1. The van der Waals surface area contributed by atoms with Crippen LogP contribution in [-0.4, -0.2) is 51.7 Å². The molecule has 0 unspecified atom stereocenters. The monoisotopic (exact) mass is 539 g/mol. The summed E-state index contributed by atoms with van der Waals surface area (Å²) in [7, 11) is 0. The van der Waals surface area contributed by atoms with E-state index in [2.05, 4.69) is 15.3 Å². The van der Waals surface area contributed by atoms with Gasteiger partial charge in [-0.3, -0.25) is 9.78 Å². The molecule has 1 aliphatic heterocycles. The van der Waals surface area contributed by atoms with E-state index >= 15 is 0 Å². The number of pyridine rings is 2. The second-order valence-electron chi connectivity index (χ2n) is 10.9. The molecule has 2 amide bonds. The van der Waals surface area contributed by atoms with Crippen LogP contribution in [0.4, 0.5) is 16.3 Å². The molecule has 0 bridgehead atoms. The Hall–Kier alpha value is -4.66. The Bertz CT molecular complexity index is 1520. The first kappa shape index (κ1) is 26.9. The number of hydrogen-bond acceptors (Lipinski definition) is 7. The first-order valence-electron chi connectivity index (χ1n) is 13.3. The van der Waals surface area contributed by atoms with Crippen LogP contribution in [0.1, 0.15) is 44.0 Å². The molecule has 2 aromatic heterocycles. The van der Waals surface area contributed by atoms with E-state index in [4.69, 9.17) is 15.2 Å². The second-order valence-corrected chi connectivity index (χ2v) is 10.9. The number of piperidine rings is 1. The normalized spacial score (nSPS) is 14.1. The van der Waals surface area contributed by atoms with E-state index in [9.17, 15) is 9.59 Å². The molecule has 1 saturated heterocycles. The molecule has 1 aliphatic rings. The van der Waals surface area contributed by atoms with Crippen LogP contribution >= 0.6 is 0 Å². The van der Waals surface area contributed by atoms with Gasteiger partial charge < -0.3 is 25.4 Å². The second kappa shape index (κ2) is 11.2. The fourth-order valence-electron chi connectivity index (χ4n) is 4.55. The molecule has 0 atom stereocenters. The average molecular weight is 540 g/mol. The molecular formula is C31H33N5O4. The number of aromatic nitrogens is 2. The van der Waals surface area contributed by atoms with Gasteiger partial charge in [0.25, 0.3) is 5.91 Å². The van der Waals surface area contributed by atoms with E-state index in [1.807, 2.05) is 51.1 Å². The molecule has 9 heteroatoms. The highest BCUT2D eigenvalue weighted by Crippen LogP contribution is 2.27. The summed E-state index contributed by atoms with van der Waals surface area (Å²) in [5.74, 6) is 0.873. The number of carbonyl (C=O) groups is 2. The number of nitrogens with two attached hydrogens (primary N) is 1. The van der Waals surface area contributed by atoms with Crippen molar-refractivity contribution in [3.63, 3.8) is 0 Å². The Morgan fingerprint density at radius 2 is 1.68 bits per heavy atom. The van der Waals surface area contributed by atoms with Gasteiger partial charge in [0, 0.05) is 61.0 Å². The predicted molar refractivity (Wildman–Crippen MR) is 155 cm³/mol. The fourth-order valence-corrected chi connectivity index (χ4v) is 4.55. The molecule has 1 fully saturated rings. The Kier molecular flexibility index (Phi) is 7.55. The number of rotatable bonds is 5. The quantitative estimate of drug-likeness (QED) is 0.323. The summed E-state index contributed by atoms with van der Waals surface area (Å²) in [6.07, 6.45) is 6.24. The van der Waals surface area contributed by atoms with Crippen molar-refractivity contribution < 1.29 is 19.1 Å². The molecular weight excluding hydrogens is 506 g/mol. The van der Waals surface area contributed by atoms with Crippen molar-refractivity contribution in [1.29, 1.82) is 0 Å². The minimum atomic E-state index is -0.512. The molecule has 5 rings (SSSR count). The molecule has 0 saturated carbocycles. The lowest BCUT2D eigenvalue weighted by Crippen LogP contribution is -2.44. The lowest BCUT2D eigenvalue weighted by Gasteiger charge is -2.33. The fraction of sp³-hybridized carbons (Fsp3) is 0.290. The van der Waals surface area contributed by atoms with Crippen LogP contribution in [0.5, 0.6) is 5.75 Å². The summed E-state index contributed by atoms with van der Waals surface area (Å²) in [5.41, 5.74) is 8.36. The van der Waals surface area contributed by atoms with E-state index < -0.39 is 5.60 Å². The van der Waals surface area contributed by atoms with Crippen molar-refractivity contribution in [1.82, 2.24) is 14.9 Å². The van der Waals surface area contributed by atoms with E-state index in [0.717, 1.165) is 21.9 Å². The third-order valence-electron chi connectivity index (χ3n) is 6.57. The summed E-state index contributed by atoms with van der Waals surface area (Å²) < 4.78 is 11.6. The van der Waals surface area contributed by atoms with Gasteiger partial charge in [-0.1, -0.05) is 12.1 Å². The molecule has 40 heavy (non-hydrogen) atoms. The number of nitrogen functional groups attached to an aromatic ring is 1. The number of benzene rings is 2. The molecule has 4 aromatic rings. The van der Waals surface area contributed by atoms with Gasteiger partial charge >= 0.3 is 6.09 Å². The number of amides is 2. The van der Waals surface area contributed by atoms with Crippen molar-refractivity contribution in [2.75, 3.05) is 24.1 Å². The predicted octanol–water partition coefficient (Wildman–Crippen LogP) is 5.91. The number of hydrogen-bond donors (Lipinski definition) is 2. The molecule has 3 N–H and O–H groups in total. The van der Waals surface area contributed by atoms with Gasteiger partial charge in [-0.05, 0) is 74.2 Å². The van der Waals surface area contributed by atoms with Crippen molar-refractivity contribution in [2.24, 2.45) is 0 Å².